The van der Waals surface area contributed by atoms with Crippen LogP contribution in [0.3, 0.4) is 0 Å². The largest absolute Gasteiger partial charge is 0.330 e. The SMILES string of the molecule is Cc1ccc(C(C)CN)cn1.Cn1cc(-c2ccc(NC(=O)CC3=CCCC=C3)nc2)cn1. The molecule has 3 aromatic rings. The molecular formula is C26H32N6O. The minimum absolute atomic E-state index is 0.0422. The van der Waals surface area contributed by atoms with Gasteiger partial charge < -0.3 is 11.1 Å². The molecular weight excluding hydrogens is 412 g/mol. The predicted octanol–water partition coefficient (Wildman–Crippen LogP) is 4.54. The second-order valence-electron chi connectivity index (χ2n) is 8.19. The Bertz CT molecular complexity index is 1100. The van der Waals surface area contributed by atoms with Crippen LogP contribution in [0.2, 0.25) is 0 Å². The number of nitrogens with one attached hydrogen (secondary N) is 1. The highest BCUT2D eigenvalue weighted by Crippen LogP contribution is 2.19. The molecule has 1 aliphatic carbocycles. The van der Waals surface area contributed by atoms with Crippen molar-refractivity contribution in [2.45, 2.75) is 39.0 Å². The molecule has 0 bridgehead atoms. The molecule has 0 radical (unpaired) electrons. The van der Waals surface area contributed by atoms with Gasteiger partial charge in [0, 0.05) is 42.5 Å². The highest BCUT2D eigenvalue weighted by Gasteiger charge is 2.08. The zero-order valence-corrected chi connectivity index (χ0v) is 19.5. The summed E-state index contributed by atoms with van der Waals surface area (Å²) in [6, 6.07) is 7.84. The molecule has 1 atom stereocenters. The Balaban J connectivity index is 0.000000235. The lowest BCUT2D eigenvalue weighted by Gasteiger charge is -2.08. The van der Waals surface area contributed by atoms with Gasteiger partial charge in [-0.05, 0) is 61.6 Å². The van der Waals surface area contributed by atoms with Crippen LogP contribution in [0.4, 0.5) is 5.82 Å². The summed E-state index contributed by atoms with van der Waals surface area (Å²) in [7, 11) is 1.87. The summed E-state index contributed by atoms with van der Waals surface area (Å²) >= 11 is 0. The number of amides is 1. The topological polar surface area (TPSA) is 98.7 Å². The smallest absolute Gasteiger partial charge is 0.229 e. The monoisotopic (exact) mass is 444 g/mol. The summed E-state index contributed by atoms with van der Waals surface area (Å²) in [4.78, 5) is 20.5. The number of nitrogens with two attached hydrogens (primary N) is 1. The first kappa shape index (κ1) is 24.1. The third kappa shape index (κ3) is 7.50. The van der Waals surface area contributed by atoms with Gasteiger partial charge in [0.2, 0.25) is 5.91 Å². The molecule has 33 heavy (non-hydrogen) atoms. The van der Waals surface area contributed by atoms with Crippen LogP contribution in [0.25, 0.3) is 11.1 Å². The fraction of sp³-hybridized carbons (Fsp3) is 0.308. The summed E-state index contributed by atoms with van der Waals surface area (Å²) in [5.74, 6) is 0.945. The highest BCUT2D eigenvalue weighted by atomic mass is 16.1. The first-order chi connectivity index (χ1) is 15.9. The minimum Gasteiger partial charge on any atom is -0.330 e. The number of rotatable bonds is 6. The number of carbonyl (C=O) groups is 1. The van der Waals surface area contributed by atoms with Crippen molar-refractivity contribution in [3.05, 3.63) is 84.1 Å². The van der Waals surface area contributed by atoms with E-state index in [1.807, 2.05) is 50.6 Å². The second-order valence-corrected chi connectivity index (χ2v) is 8.19. The number of pyridine rings is 2. The number of hydrogen-bond donors (Lipinski definition) is 2. The van der Waals surface area contributed by atoms with Crippen LogP contribution in [-0.4, -0.2) is 32.2 Å². The molecule has 1 amide bonds. The number of hydrogen-bond acceptors (Lipinski definition) is 5. The van der Waals surface area contributed by atoms with Gasteiger partial charge in [0.1, 0.15) is 5.82 Å². The lowest BCUT2D eigenvalue weighted by atomic mass is 10.0. The summed E-state index contributed by atoms with van der Waals surface area (Å²) in [5.41, 5.74) is 10.8. The van der Waals surface area contributed by atoms with Crippen molar-refractivity contribution >= 4 is 11.7 Å². The van der Waals surface area contributed by atoms with Gasteiger partial charge in [0.05, 0.1) is 12.6 Å². The molecule has 7 nitrogen and oxygen atoms in total. The maximum absolute atomic E-state index is 12.0. The van der Waals surface area contributed by atoms with E-state index in [1.54, 1.807) is 17.1 Å². The number of aryl methyl sites for hydroxylation is 2. The van der Waals surface area contributed by atoms with E-state index in [0.717, 1.165) is 35.2 Å². The second kappa shape index (κ2) is 11.9. The number of allylic oxidation sites excluding steroid dienone is 3. The van der Waals surface area contributed by atoms with E-state index < -0.39 is 0 Å². The van der Waals surface area contributed by atoms with Crippen LogP contribution in [0, 0.1) is 6.92 Å². The summed E-state index contributed by atoms with van der Waals surface area (Å²) in [6.45, 7) is 4.77. The van der Waals surface area contributed by atoms with E-state index >= 15 is 0 Å². The average Bonchev–Trinajstić information content (AvgIpc) is 3.27. The Kier molecular flexibility index (Phi) is 8.66. The lowest BCUT2D eigenvalue weighted by Crippen LogP contribution is -2.13. The van der Waals surface area contributed by atoms with Crippen LogP contribution in [-0.2, 0) is 11.8 Å². The molecule has 3 heterocycles. The van der Waals surface area contributed by atoms with E-state index in [1.165, 1.54) is 5.56 Å². The maximum Gasteiger partial charge on any atom is 0.229 e. The molecule has 0 saturated carbocycles. The van der Waals surface area contributed by atoms with E-state index in [9.17, 15) is 4.79 Å². The Morgan fingerprint density at radius 2 is 1.97 bits per heavy atom. The van der Waals surface area contributed by atoms with E-state index in [4.69, 9.17) is 5.73 Å². The van der Waals surface area contributed by atoms with Crippen LogP contribution < -0.4 is 11.1 Å². The highest BCUT2D eigenvalue weighted by molar-refractivity contribution is 5.91. The zero-order valence-electron chi connectivity index (χ0n) is 19.5. The summed E-state index contributed by atoms with van der Waals surface area (Å²) in [6.07, 6.45) is 16.0. The molecule has 0 aliphatic heterocycles. The first-order valence-electron chi connectivity index (χ1n) is 11.2. The van der Waals surface area contributed by atoms with Gasteiger partial charge in [-0.25, -0.2) is 4.98 Å². The fourth-order valence-electron chi connectivity index (χ4n) is 3.29. The van der Waals surface area contributed by atoms with Gasteiger partial charge >= 0.3 is 0 Å². The Hall–Kier alpha value is -3.58. The summed E-state index contributed by atoms with van der Waals surface area (Å²) in [5, 5.41) is 6.96. The van der Waals surface area contributed by atoms with Gasteiger partial charge in [-0.2, -0.15) is 5.10 Å². The molecule has 3 aromatic heterocycles. The molecule has 0 spiro atoms. The van der Waals surface area contributed by atoms with Crippen LogP contribution in [0.1, 0.15) is 43.4 Å². The van der Waals surface area contributed by atoms with E-state index in [-0.39, 0.29) is 5.91 Å². The average molecular weight is 445 g/mol. The molecule has 4 rings (SSSR count). The lowest BCUT2D eigenvalue weighted by molar-refractivity contribution is -0.115. The molecule has 1 aliphatic rings. The minimum atomic E-state index is -0.0422. The summed E-state index contributed by atoms with van der Waals surface area (Å²) < 4.78 is 1.75. The standard InChI is InChI=1S/C17H18N4O.C9H14N2/c1-21-12-15(11-19-21)14-7-8-16(18-10-14)20-17(22)9-13-5-3-2-4-6-13;1-7(5-10)9-4-3-8(2)11-6-9/h3,5-8,10-12H,2,4,9H2,1H3,(H,18,20,22);3-4,6-7H,5,10H2,1-2H3. The van der Waals surface area contributed by atoms with Crippen molar-refractivity contribution in [1.82, 2.24) is 19.7 Å². The maximum atomic E-state index is 12.0. The van der Waals surface area contributed by atoms with Crippen LogP contribution in [0.5, 0.6) is 0 Å². The molecule has 0 aromatic carbocycles. The molecule has 0 saturated heterocycles. The quantitative estimate of drug-likeness (QED) is 0.582. The Morgan fingerprint density at radius 3 is 2.55 bits per heavy atom. The molecule has 7 heteroatoms. The van der Waals surface area contributed by atoms with Crippen molar-refractivity contribution < 1.29 is 4.79 Å². The predicted molar refractivity (Wildman–Crippen MR) is 133 cm³/mol. The number of anilines is 1. The number of nitrogens with zero attached hydrogens (tertiary/aromatic N) is 4. The molecule has 3 N–H and O–H groups in total. The number of aromatic nitrogens is 4. The van der Waals surface area contributed by atoms with Gasteiger partial charge in [-0.1, -0.05) is 31.2 Å². The van der Waals surface area contributed by atoms with Crippen LogP contribution >= 0.6 is 0 Å². The van der Waals surface area contributed by atoms with Crippen molar-refractivity contribution in [3.63, 3.8) is 0 Å². The molecule has 172 valence electrons. The van der Waals surface area contributed by atoms with Gasteiger partial charge in [0.25, 0.3) is 0 Å². The fourth-order valence-corrected chi connectivity index (χ4v) is 3.29. The Labute approximate surface area is 195 Å². The van der Waals surface area contributed by atoms with Crippen molar-refractivity contribution in [1.29, 1.82) is 0 Å². The van der Waals surface area contributed by atoms with Crippen molar-refractivity contribution in [2.24, 2.45) is 12.8 Å². The van der Waals surface area contributed by atoms with Crippen molar-refractivity contribution in [2.75, 3.05) is 11.9 Å². The van der Waals surface area contributed by atoms with Crippen molar-refractivity contribution in [3.8, 4) is 11.1 Å². The third-order valence-corrected chi connectivity index (χ3v) is 5.36. The van der Waals surface area contributed by atoms with Gasteiger partial charge in [0.15, 0.2) is 0 Å². The first-order valence-corrected chi connectivity index (χ1v) is 11.2. The van der Waals surface area contributed by atoms with Gasteiger partial charge in [-0.15, -0.1) is 0 Å². The Morgan fingerprint density at radius 1 is 1.12 bits per heavy atom. The normalized spacial score (nSPS) is 13.5. The van der Waals surface area contributed by atoms with E-state index in [2.05, 4.69) is 45.5 Å². The number of carbonyl (C=O) groups excluding carboxylic acids is 1. The third-order valence-electron chi connectivity index (χ3n) is 5.36. The molecule has 1 unspecified atom stereocenters. The van der Waals surface area contributed by atoms with Gasteiger partial charge in [-0.3, -0.25) is 14.5 Å². The zero-order chi connectivity index (χ0) is 23.6. The molecule has 0 fully saturated rings. The van der Waals surface area contributed by atoms with Crippen LogP contribution in [0.15, 0.2) is 72.9 Å². The van der Waals surface area contributed by atoms with E-state index in [0.29, 0.717) is 24.7 Å².